The van der Waals surface area contributed by atoms with Crippen LogP contribution in [0.4, 0.5) is 27.6 Å². The van der Waals surface area contributed by atoms with Gasteiger partial charge in [-0.25, -0.2) is 22.0 Å². The lowest BCUT2D eigenvalue weighted by molar-refractivity contribution is 0.103. The van der Waals surface area contributed by atoms with Crippen molar-refractivity contribution in [2.75, 3.05) is 5.32 Å². The first-order chi connectivity index (χ1) is 16.2. The maximum Gasteiger partial charge on any atom is 0.265 e. The third-order valence-electron chi connectivity index (χ3n) is 4.88. The van der Waals surface area contributed by atoms with E-state index in [1.807, 2.05) is 31.2 Å². The van der Waals surface area contributed by atoms with Crippen LogP contribution < -0.4 is 10.1 Å². The number of nitrogens with one attached hydrogen (secondary N) is 1. The zero-order valence-corrected chi connectivity index (χ0v) is 18.4. The molecule has 0 radical (unpaired) electrons. The molecule has 0 saturated carbocycles. The second-order valence-electron chi connectivity index (χ2n) is 7.30. The molecule has 0 aliphatic rings. The fraction of sp³-hybridized carbons (Fsp3) is 0.130. The van der Waals surface area contributed by atoms with Crippen LogP contribution >= 0.6 is 11.3 Å². The molecule has 0 aliphatic heterocycles. The van der Waals surface area contributed by atoms with Crippen LogP contribution in [0.3, 0.4) is 0 Å². The summed E-state index contributed by atoms with van der Waals surface area (Å²) in [6.45, 7) is 1.48. The van der Waals surface area contributed by atoms with Crippen LogP contribution in [-0.2, 0) is 13.2 Å². The van der Waals surface area contributed by atoms with Crippen molar-refractivity contribution in [2.45, 2.75) is 20.1 Å². The highest BCUT2D eigenvalue weighted by atomic mass is 32.1. The van der Waals surface area contributed by atoms with E-state index in [-0.39, 0.29) is 12.3 Å². The molecule has 11 heteroatoms. The van der Waals surface area contributed by atoms with Gasteiger partial charge in [-0.1, -0.05) is 18.2 Å². The highest BCUT2D eigenvalue weighted by Crippen LogP contribution is 2.25. The van der Waals surface area contributed by atoms with Gasteiger partial charge in [0.2, 0.25) is 5.82 Å². The smallest absolute Gasteiger partial charge is 0.265 e. The summed E-state index contributed by atoms with van der Waals surface area (Å²) in [5, 5.41) is 8.16. The summed E-state index contributed by atoms with van der Waals surface area (Å²) in [6.07, 6.45) is 2.41. The Bertz CT molecular complexity index is 1340. The molecule has 176 valence electrons. The van der Waals surface area contributed by atoms with Crippen LogP contribution in [-0.4, -0.2) is 15.7 Å². The molecule has 0 unspecified atom stereocenters. The number of hydrogen-bond acceptors (Lipinski definition) is 4. The van der Waals surface area contributed by atoms with E-state index in [0.29, 0.717) is 4.88 Å². The summed E-state index contributed by atoms with van der Waals surface area (Å²) in [6, 6.07) is 9.20. The Morgan fingerprint density at radius 2 is 1.74 bits per heavy atom. The van der Waals surface area contributed by atoms with Crippen LogP contribution in [0.15, 0.2) is 48.1 Å². The van der Waals surface area contributed by atoms with Gasteiger partial charge in [0.05, 0.1) is 28.9 Å². The van der Waals surface area contributed by atoms with E-state index in [1.54, 1.807) is 11.4 Å². The van der Waals surface area contributed by atoms with E-state index >= 15 is 0 Å². The van der Waals surface area contributed by atoms with E-state index < -0.39 is 47.1 Å². The summed E-state index contributed by atoms with van der Waals surface area (Å²) < 4.78 is 74.4. The number of carbonyl (C=O) groups excluding carboxylic acids is 1. The Kier molecular flexibility index (Phi) is 6.64. The lowest BCUT2D eigenvalue weighted by Gasteiger charge is -2.08. The van der Waals surface area contributed by atoms with Crippen LogP contribution in [0.5, 0.6) is 5.75 Å². The van der Waals surface area contributed by atoms with E-state index in [0.717, 1.165) is 21.6 Å². The number of thiophene rings is 1. The molecule has 4 rings (SSSR count). The minimum atomic E-state index is -2.23. The second kappa shape index (κ2) is 9.64. The van der Waals surface area contributed by atoms with Gasteiger partial charge in [-0.2, -0.15) is 5.10 Å². The molecule has 0 aliphatic carbocycles. The quantitative estimate of drug-likeness (QED) is 0.200. The van der Waals surface area contributed by atoms with Crippen molar-refractivity contribution in [2.24, 2.45) is 0 Å². The predicted octanol–water partition coefficient (Wildman–Crippen LogP) is 5.83. The van der Waals surface area contributed by atoms with Gasteiger partial charge in [-0.05, 0) is 30.0 Å². The van der Waals surface area contributed by atoms with Crippen LogP contribution in [0, 0.1) is 36.0 Å². The largest absolute Gasteiger partial charge is 0.489 e. The van der Waals surface area contributed by atoms with Crippen LogP contribution in [0.25, 0.3) is 0 Å². The van der Waals surface area contributed by atoms with Crippen molar-refractivity contribution >= 4 is 22.9 Å². The van der Waals surface area contributed by atoms with Crippen LogP contribution in [0.1, 0.15) is 26.4 Å². The zero-order chi connectivity index (χ0) is 24.4. The molecule has 0 fully saturated rings. The summed E-state index contributed by atoms with van der Waals surface area (Å²) in [5.41, 5.74) is 0.924. The second-order valence-corrected chi connectivity index (χ2v) is 8.21. The van der Waals surface area contributed by atoms with Crippen molar-refractivity contribution in [3.63, 3.8) is 0 Å². The first-order valence-electron chi connectivity index (χ1n) is 9.84. The average molecular weight is 493 g/mol. The van der Waals surface area contributed by atoms with E-state index in [2.05, 4.69) is 10.4 Å². The molecule has 34 heavy (non-hydrogen) atoms. The van der Waals surface area contributed by atoms with E-state index in [4.69, 9.17) is 4.74 Å². The van der Waals surface area contributed by atoms with Gasteiger partial charge in [-0.15, -0.1) is 11.3 Å². The van der Waals surface area contributed by atoms with Gasteiger partial charge in [0.15, 0.2) is 23.3 Å². The summed E-state index contributed by atoms with van der Waals surface area (Å²) >= 11 is 1.20. The maximum atomic E-state index is 13.9. The lowest BCUT2D eigenvalue weighted by atomic mass is 10.1. The molecular formula is C23H16F5N3O2S. The Balaban J connectivity index is 1.40. The Morgan fingerprint density at radius 1 is 1.06 bits per heavy atom. The van der Waals surface area contributed by atoms with Gasteiger partial charge in [0.1, 0.15) is 12.4 Å². The number of benzene rings is 2. The summed E-state index contributed by atoms with van der Waals surface area (Å²) in [7, 11) is 0. The summed E-state index contributed by atoms with van der Waals surface area (Å²) in [4.78, 5) is 12.9. The SMILES string of the molecule is Cc1ccccc1OCc1csc(C(=O)Nc2cnn(Cc3c(F)c(F)c(F)c(F)c3F)c2)c1. The molecule has 5 nitrogen and oxygen atoms in total. The van der Waals surface area contributed by atoms with Crippen molar-refractivity contribution in [3.8, 4) is 5.75 Å². The molecule has 2 aromatic heterocycles. The Hall–Kier alpha value is -3.73. The van der Waals surface area contributed by atoms with Gasteiger partial charge >= 0.3 is 0 Å². The number of amides is 1. The van der Waals surface area contributed by atoms with Gasteiger partial charge in [-0.3, -0.25) is 9.48 Å². The molecule has 0 atom stereocenters. The van der Waals surface area contributed by atoms with Crippen molar-refractivity contribution in [3.05, 3.63) is 98.8 Å². The average Bonchev–Trinajstić information content (AvgIpc) is 3.48. The minimum absolute atomic E-state index is 0.181. The lowest BCUT2D eigenvalue weighted by Crippen LogP contribution is -2.12. The third-order valence-corrected chi connectivity index (χ3v) is 5.86. The van der Waals surface area contributed by atoms with Crippen molar-refractivity contribution in [1.82, 2.24) is 9.78 Å². The molecule has 2 heterocycles. The number of aromatic nitrogens is 2. The number of ether oxygens (including phenoxy) is 1. The minimum Gasteiger partial charge on any atom is -0.489 e. The van der Waals surface area contributed by atoms with Crippen molar-refractivity contribution in [1.29, 1.82) is 0 Å². The fourth-order valence-corrected chi connectivity index (χ4v) is 3.90. The molecular weight excluding hydrogens is 477 g/mol. The molecule has 1 amide bonds. The number of aryl methyl sites for hydroxylation is 1. The molecule has 2 aromatic carbocycles. The number of halogens is 5. The van der Waals surface area contributed by atoms with Crippen LogP contribution in [0.2, 0.25) is 0 Å². The molecule has 1 N–H and O–H groups in total. The van der Waals surface area contributed by atoms with Crippen molar-refractivity contribution < 1.29 is 31.5 Å². The number of anilines is 1. The predicted molar refractivity (Wildman–Crippen MR) is 115 cm³/mol. The summed E-state index contributed by atoms with van der Waals surface area (Å²) in [5.74, 6) is -9.88. The number of hydrogen-bond donors (Lipinski definition) is 1. The first kappa shape index (κ1) is 23.4. The first-order valence-corrected chi connectivity index (χ1v) is 10.7. The number of rotatable bonds is 7. The highest BCUT2D eigenvalue weighted by molar-refractivity contribution is 7.12. The normalized spacial score (nSPS) is 11.0. The molecule has 0 saturated heterocycles. The molecule has 0 bridgehead atoms. The van der Waals surface area contributed by atoms with Gasteiger partial charge in [0, 0.05) is 11.8 Å². The van der Waals surface area contributed by atoms with Gasteiger partial charge < -0.3 is 10.1 Å². The third kappa shape index (κ3) is 4.79. The van der Waals surface area contributed by atoms with E-state index in [9.17, 15) is 26.7 Å². The molecule has 0 spiro atoms. The fourth-order valence-electron chi connectivity index (χ4n) is 3.11. The topological polar surface area (TPSA) is 56.1 Å². The molecule has 4 aromatic rings. The number of nitrogens with zero attached hydrogens (tertiary/aromatic N) is 2. The highest BCUT2D eigenvalue weighted by Gasteiger charge is 2.26. The number of para-hydroxylation sites is 1. The Morgan fingerprint density at radius 3 is 2.44 bits per heavy atom. The maximum absolute atomic E-state index is 13.9. The number of carbonyl (C=O) groups is 1. The standard InChI is InChI=1S/C23H16F5N3O2S/c1-12-4-2-3-5-16(12)33-10-13-6-17(34-11-13)23(32)30-14-7-29-31(8-14)9-15-18(24)20(26)22(28)21(27)19(15)25/h2-8,11H,9-10H2,1H3,(H,30,32). The van der Waals surface area contributed by atoms with Gasteiger partial charge in [0.25, 0.3) is 5.91 Å². The van der Waals surface area contributed by atoms with E-state index in [1.165, 1.54) is 23.7 Å². The zero-order valence-electron chi connectivity index (χ0n) is 17.5. The Labute approximate surface area is 194 Å². The monoisotopic (exact) mass is 493 g/mol.